The molecular weight excluding hydrogens is 290 g/mol. The highest BCUT2D eigenvalue weighted by Crippen LogP contribution is 2.36. The van der Waals surface area contributed by atoms with Crippen molar-refractivity contribution in [2.24, 2.45) is 7.05 Å². The lowest BCUT2D eigenvalue weighted by atomic mass is 9.91. The van der Waals surface area contributed by atoms with Crippen LogP contribution in [0.4, 0.5) is 0 Å². The maximum atomic E-state index is 2.31. The van der Waals surface area contributed by atoms with Crippen LogP contribution in [0.25, 0.3) is 17.0 Å². The molecular formula is C23H29N. The van der Waals surface area contributed by atoms with Crippen molar-refractivity contribution in [2.45, 2.75) is 40.0 Å². The standard InChI is InChI=1S/C14H15N.C7H8.C2H6/c1-10-6-5-9-13-14(10)11-7-3-4-8-12(11)15(13)2;1-7-5-3-2-4-6-7;1-2/h3-5,7-10H,6H2,1-2H3;2-6H,1H3;1-2H3. The first-order chi connectivity index (χ1) is 11.7. The highest BCUT2D eigenvalue weighted by molar-refractivity contribution is 5.89. The predicted octanol–water partition coefficient (Wildman–Crippen LogP) is 6.72. The van der Waals surface area contributed by atoms with E-state index >= 15 is 0 Å². The number of allylic oxidation sites excluding steroid dienone is 1. The fourth-order valence-corrected chi connectivity index (χ4v) is 3.20. The molecule has 0 spiro atoms. The molecule has 3 aromatic rings. The van der Waals surface area contributed by atoms with Crippen molar-refractivity contribution >= 4 is 17.0 Å². The molecule has 2 aromatic carbocycles. The third-order valence-electron chi connectivity index (χ3n) is 4.39. The summed E-state index contributed by atoms with van der Waals surface area (Å²) < 4.78 is 2.30. The quantitative estimate of drug-likeness (QED) is 0.433. The van der Waals surface area contributed by atoms with Crippen LogP contribution >= 0.6 is 0 Å². The normalized spacial score (nSPS) is 15.0. The molecule has 0 saturated carbocycles. The minimum absolute atomic E-state index is 0.649. The first-order valence-electron chi connectivity index (χ1n) is 8.94. The Kier molecular flexibility index (Phi) is 6.43. The number of hydrogen-bond donors (Lipinski definition) is 0. The van der Waals surface area contributed by atoms with E-state index in [4.69, 9.17) is 0 Å². The van der Waals surface area contributed by atoms with Crippen molar-refractivity contribution < 1.29 is 0 Å². The molecule has 126 valence electrons. The van der Waals surface area contributed by atoms with Crippen molar-refractivity contribution in [3.05, 3.63) is 77.5 Å². The topological polar surface area (TPSA) is 4.93 Å². The zero-order valence-corrected chi connectivity index (χ0v) is 15.6. The van der Waals surface area contributed by atoms with E-state index in [2.05, 4.69) is 74.0 Å². The number of hydrogen-bond acceptors (Lipinski definition) is 0. The maximum absolute atomic E-state index is 2.31. The number of aromatic nitrogens is 1. The van der Waals surface area contributed by atoms with Gasteiger partial charge >= 0.3 is 0 Å². The Labute approximate surface area is 146 Å². The summed E-state index contributed by atoms with van der Waals surface area (Å²) >= 11 is 0. The number of rotatable bonds is 0. The fourth-order valence-electron chi connectivity index (χ4n) is 3.20. The third kappa shape index (κ3) is 3.79. The van der Waals surface area contributed by atoms with E-state index in [0.717, 1.165) is 0 Å². The van der Waals surface area contributed by atoms with E-state index in [1.165, 1.54) is 34.1 Å². The molecule has 1 aromatic heterocycles. The number of benzene rings is 2. The average Bonchev–Trinajstić information content (AvgIpc) is 2.92. The minimum atomic E-state index is 0.649. The molecule has 0 bridgehead atoms. The fraction of sp³-hybridized carbons (Fsp3) is 0.304. The van der Waals surface area contributed by atoms with Crippen LogP contribution in [-0.2, 0) is 7.05 Å². The SMILES string of the molecule is CC.CC1CC=Cc2c1c1ccccc1n2C.Cc1ccccc1. The smallest absolute Gasteiger partial charge is 0.0485 e. The molecule has 1 nitrogen and oxygen atoms in total. The van der Waals surface area contributed by atoms with Crippen LogP contribution in [0, 0.1) is 6.92 Å². The lowest BCUT2D eigenvalue weighted by Gasteiger charge is -2.15. The van der Waals surface area contributed by atoms with Gasteiger partial charge < -0.3 is 4.57 Å². The molecule has 1 aliphatic rings. The van der Waals surface area contributed by atoms with Gasteiger partial charge in [0.1, 0.15) is 0 Å². The van der Waals surface area contributed by atoms with Crippen LogP contribution in [0.15, 0.2) is 60.7 Å². The van der Waals surface area contributed by atoms with Gasteiger partial charge in [-0.1, -0.05) is 80.9 Å². The predicted molar refractivity (Wildman–Crippen MR) is 108 cm³/mol. The Morgan fingerprint density at radius 2 is 1.54 bits per heavy atom. The van der Waals surface area contributed by atoms with Gasteiger partial charge in [-0.25, -0.2) is 0 Å². The summed E-state index contributed by atoms with van der Waals surface area (Å²) in [6, 6.07) is 18.9. The molecule has 0 aliphatic heterocycles. The third-order valence-corrected chi connectivity index (χ3v) is 4.39. The number of para-hydroxylation sites is 1. The molecule has 0 radical (unpaired) electrons. The van der Waals surface area contributed by atoms with Crippen molar-refractivity contribution in [3.63, 3.8) is 0 Å². The second kappa shape index (κ2) is 8.54. The Morgan fingerprint density at radius 1 is 0.917 bits per heavy atom. The average molecular weight is 319 g/mol. The largest absolute Gasteiger partial charge is 0.344 e. The molecule has 24 heavy (non-hydrogen) atoms. The summed E-state index contributed by atoms with van der Waals surface area (Å²) in [5.74, 6) is 0.649. The minimum Gasteiger partial charge on any atom is -0.344 e. The van der Waals surface area contributed by atoms with Gasteiger partial charge in [-0.15, -0.1) is 0 Å². The monoisotopic (exact) mass is 319 g/mol. The maximum Gasteiger partial charge on any atom is 0.0485 e. The van der Waals surface area contributed by atoms with Gasteiger partial charge in [0.15, 0.2) is 0 Å². The number of fused-ring (bicyclic) bond motifs is 3. The van der Waals surface area contributed by atoms with Crippen LogP contribution in [0.2, 0.25) is 0 Å². The highest BCUT2D eigenvalue weighted by atomic mass is 14.9. The Balaban J connectivity index is 0.000000196. The lowest BCUT2D eigenvalue weighted by Crippen LogP contribution is -2.00. The van der Waals surface area contributed by atoms with Crippen molar-refractivity contribution in [2.75, 3.05) is 0 Å². The molecule has 1 atom stereocenters. The van der Waals surface area contributed by atoms with Crippen molar-refractivity contribution in [3.8, 4) is 0 Å². The molecule has 1 heterocycles. The Hall–Kier alpha value is -2.28. The Morgan fingerprint density at radius 3 is 2.17 bits per heavy atom. The van der Waals surface area contributed by atoms with Crippen molar-refractivity contribution in [1.29, 1.82) is 0 Å². The van der Waals surface area contributed by atoms with Crippen LogP contribution in [0.5, 0.6) is 0 Å². The van der Waals surface area contributed by atoms with Crippen LogP contribution in [0.3, 0.4) is 0 Å². The zero-order valence-electron chi connectivity index (χ0n) is 15.6. The van der Waals surface area contributed by atoms with Gasteiger partial charge in [0.25, 0.3) is 0 Å². The zero-order chi connectivity index (χ0) is 17.5. The molecule has 1 unspecified atom stereocenters. The summed E-state index contributed by atoms with van der Waals surface area (Å²) in [6.45, 7) is 8.40. The second-order valence-corrected chi connectivity index (χ2v) is 6.07. The first kappa shape index (κ1) is 18.1. The molecule has 1 aliphatic carbocycles. The van der Waals surface area contributed by atoms with Gasteiger partial charge in [0.2, 0.25) is 0 Å². The van der Waals surface area contributed by atoms with E-state index < -0.39 is 0 Å². The van der Waals surface area contributed by atoms with Gasteiger partial charge in [0, 0.05) is 23.6 Å². The molecule has 4 rings (SSSR count). The van der Waals surface area contributed by atoms with Gasteiger partial charge in [-0.2, -0.15) is 0 Å². The molecule has 0 N–H and O–H groups in total. The van der Waals surface area contributed by atoms with Gasteiger partial charge in [-0.05, 0) is 37.0 Å². The van der Waals surface area contributed by atoms with Crippen LogP contribution in [0.1, 0.15) is 49.9 Å². The summed E-state index contributed by atoms with van der Waals surface area (Å²) in [7, 11) is 2.16. The molecule has 0 saturated heterocycles. The summed E-state index contributed by atoms with van der Waals surface area (Å²) in [5.41, 5.74) is 5.58. The van der Waals surface area contributed by atoms with Gasteiger partial charge in [-0.3, -0.25) is 0 Å². The summed E-state index contributed by atoms with van der Waals surface area (Å²) in [6.07, 6.45) is 5.71. The summed E-state index contributed by atoms with van der Waals surface area (Å²) in [4.78, 5) is 0. The molecule has 0 fully saturated rings. The highest BCUT2D eigenvalue weighted by Gasteiger charge is 2.19. The van der Waals surface area contributed by atoms with Crippen LogP contribution in [-0.4, -0.2) is 4.57 Å². The number of nitrogens with zero attached hydrogens (tertiary/aromatic N) is 1. The number of aryl methyl sites for hydroxylation is 2. The van der Waals surface area contributed by atoms with E-state index in [1.54, 1.807) is 0 Å². The van der Waals surface area contributed by atoms with E-state index in [1.807, 2.05) is 32.0 Å². The van der Waals surface area contributed by atoms with E-state index in [9.17, 15) is 0 Å². The van der Waals surface area contributed by atoms with Gasteiger partial charge in [0.05, 0.1) is 0 Å². The molecule has 0 amide bonds. The van der Waals surface area contributed by atoms with Crippen LogP contribution < -0.4 is 0 Å². The summed E-state index contributed by atoms with van der Waals surface area (Å²) in [5, 5.41) is 1.42. The Bertz CT molecular complexity index is 794. The first-order valence-corrected chi connectivity index (χ1v) is 8.94. The lowest BCUT2D eigenvalue weighted by molar-refractivity contribution is 0.765. The molecule has 1 heteroatoms. The van der Waals surface area contributed by atoms with Crippen molar-refractivity contribution in [1.82, 2.24) is 4.57 Å². The second-order valence-electron chi connectivity index (χ2n) is 6.07. The van der Waals surface area contributed by atoms with E-state index in [-0.39, 0.29) is 0 Å². The van der Waals surface area contributed by atoms with E-state index in [0.29, 0.717) is 5.92 Å².